The third kappa shape index (κ3) is 4.70. The van der Waals surface area contributed by atoms with Crippen molar-refractivity contribution in [3.05, 3.63) is 59.2 Å². The van der Waals surface area contributed by atoms with E-state index in [0.29, 0.717) is 22.4 Å². The summed E-state index contributed by atoms with van der Waals surface area (Å²) < 4.78 is 33.7. The van der Waals surface area contributed by atoms with Gasteiger partial charge in [-0.25, -0.2) is 13.2 Å². The number of esters is 1. The maximum Gasteiger partial charge on any atom is 0.338 e. The first kappa shape index (κ1) is 23.9. The van der Waals surface area contributed by atoms with Gasteiger partial charge in [0.05, 0.1) is 35.4 Å². The smallest absolute Gasteiger partial charge is 0.338 e. The predicted octanol–water partition coefficient (Wildman–Crippen LogP) is 3.65. The van der Waals surface area contributed by atoms with E-state index in [1.807, 2.05) is 0 Å². The van der Waals surface area contributed by atoms with Gasteiger partial charge in [0.1, 0.15) is 0 Å². The minimum Gasteiger partial charge on any atom is -0.462 e. The fourth-order valence-electron chi connectivity index (χ4n) is 4.70. The normalized spacial score (nSPS) is 20.2. The van der Waals surface area contributed by atoms with Crippen LogP contribution >= 0.6 is 0 Å². The van der Waals surface area contributed by atoms with Crippen molar-refractivity contribution < 1.29 is 27.5 Å². The Kier molecular flexibility index (Phi) is 6.74. The van der Waals surface area contributed by atoms with Crippen LogP contribution < -0.4 is 4.72 Å². The molecule has 1 aliphatic heterocycles. The molecule has 1 saturated carbocycles. The second-order valence-corrected chi connectivity index (χ2v) is 10.4. The van der Waals surface area contributed by atoms with E-state index >= 15 is 0 Å². The zero-order valence-corrected chi connectivity index (χ0v) is 20.1. The van der Waals surface area contributed by atoms with Gasteiger partial charge < -0.3 is 4.74 Å². The van der Waals surface area contributed by atoms with E-state index in [4.69, 9.17) is 4.74 Å². The van der Waals surface area contributed by atoms with Gasteiger partial charge in [-0.15, -0.1) is 0 Å². The average Bonchev–Trinajstić information content (AvgIpc) is 3.05. The van der Waals surface area contributed by atoms with Crippen molar-refractivity contribution in [1.29, 1.82) is 0 Å². The number of nitrogens with one attached hydrogen (secondary N) is 1. The van der Waals surface area contributed by atoms with Gasteiger partial charge >= 0.3 is 5.97 Å². The number of hydrogen-bond acceptors (Lipinski definition) is 6. The number of amides is 2. The molecule has 2 aromatic carbocycles. The van der Waals surface area contributed by atoms with Crippen LogP contribution in [0.4, 0.5) is 5.69 Å². The van der Waals surface area contributed by atoms with Crippen LogP contribution in [0, 0.1) is 18.8 Å². The van der Waals surface area contributed by atoms with E-state index < -0.39 is 16.0 Å². The standard InChI is InChI=1S/C25H28N2O6S/c1-3-33-25(30)18-10-12-19(13-11-18)26-34(31,32)22-14-17(9-8-16(22)2)15-27-23(28)20-6-4-5-7-21(20)24(27)29/h8-14,20-21,26H,3-7,15H2,1-2H3/t20-,21-/m1/s1. The van der Waals surface area contributed by atoms with Crippen LogP contribution in [0.3, 0.4) is 0 Å². The lowest BCUT2D eigenvalue weighted by atomic mass is 9.81. The van der Waals surface area contributed by atoms with E-state index in [9.17, 15) is 22.8 Å². The molecule has 4 rings (SSSR count). The highest BCUT2D eigenvalue weighted by Gasteiger charge is 2.47. The molecule has 0 radical (unpaired) electrons. The quantitative estimate of drug-likeness (QED) is 0.475. The van der Waals surface area contributed by atoms with Gasteiger partial charge in [0.15, 0.2) is 0 Å². The van der Waals surface area contributed by atoms with Gasteiger partial charge in [0.25, 0.3) is 10.0 Å². The molecule has 0 aromatic heterocycles. The van der Waals surface area contributed by atoms with Crippen molar-refractivity contribution in [2.75, 3.05) is 11.3 Å². The minimum absolute atomic E-state index is 0.0572. The maximum atomic E-state index is 13.1. The average molecular weight is 485 g/mol. The molecule has 0 spiro atoms. The summed E-state index contributed by atoms with van der Waals surface area (Å²) in [4.78, 5) is 38.8. The Labute approximate surface area is 199 Å². The van der Waals surface area contributed by atoms with E-state index in [0.717, 1.165) is 25.7 Å². The lowest BCUT2D eigenvalue weighted by Gasteiger charge is -2.19. The number of imide groups is 1. The number of nitrogens with zero attached hydrogens (tertiary/aromatic N) is 1. The molecule has 1 N–H and O–H groups in total. The number of carbonyl (C=O) groups excluding carboxylic acids is 3. The third-order valence-corrected chi connectivity index (χ3v) is 7.99. The number of carbonyl (C=O) groups is 3. The fourth-order valence-corrected chi connectivity index (χ4v) is 6.06. The summed E-state index contributed by atoms with van der Waals surface area (Å²) in [7, 11) is -3.95. The van der Waals surface area contributed by atoms with Crippen molar-refractivity contribution in [3.8, 4) is 0 Å². The monoisotopic (exact) mass is 484 g/mol. The van der Waals surface area contributed by atoms with Crippen molar-refractivity contribution in [2.45, 2.75) is 51.0 Å². The van der Waals surface area contributed by atoms with Crippen molar-refractivity contribution >= 4 is 33.5 Å². The van der Waals surface area contributed by atoms with Crippen LogP contribution in [0.5, 0.6) is 0 Å². The first-order valence-corrected chi connectivity index (χ1v) is 12.9. The van der Waals surface area contributed by atoms with Gasteiger partial charge in [0.2, 0.25) is 11.8 Å². The second kappa shape index (κ2) is 9.58. The zero-order valence-electron chi connectivity index (χ0n) is 19.2. The number of anilines is 1. The molecule has 2 fully saturated rings. The van der Waals surface area contributed by atoms with Gasteiger partial charge in [-0.05, 0) is 68.1 Å². The number of fused-ring (bicyclic) bond motifs is 1. The number of hydrogen-bond donors (Lipinski definition) is 1. The largest absolute Gasteiger partial charge is 0.462 e. The van der Waals surface area contributed by atoms with Gasteiger partial charge in [-0.3, -0.25) is 19.2 Å². The topological polar surface area (TPSA) is 110 Å². The Hall–Kier alpha value is -3.20. The first-order valence-electron chi connectivity index (χ1n) is 11.5. The molecule has 1 saturated heterocycles. The lowest BCUT2D eigenvalue weighted by Crippen LogP contribution is -2.30. The molecule has 1 heterocycles. The Morgan fingerprint density at radius 1 is 1.03 bits per heavy atom. The molecule has 8 nitrogen and oxygen atoms in total. The molecule has 2 aromatic rings. The van der Waals surface area contributed by atoms with E-state index in [-0.39, 0.29) is 41.7 Å². The Bertz CT molecular complexity index is 1200. The molecular weight excluding hydrogens is 456 g/mol. The Morgan fingerprint density at radius 3 is 2.24 bits per heavy atom. The second-order valence-electron chi connectivity index (χ2n) is 8.76. The van der Waals surface area contributed by atoms with E-state index in [1.54, 1.807) is 26.0 Å². The van der Waals surface area contributed by atoms with Crippen LogP contribution in [0.2, 0.25) is 0 Å². The Balaban J connectivity index is 1.53. The molecule has 2 atom stereocenters. The van der Waals surface area contributed by atoms with Crippen molar-refractivity contribution in [1.82, 2.24) is 4.90 Å². The summed E-state index contributed by atoms with van der Waals surface area (Å²) in [6.07, 6.45) is 3.37. The summed E-state index contributed by atoms with van der Waals surface area (Å²) in [6.45, 7) is 3.70. The molecule has 1 aliphatic carbocycles. The number of sulfonamides is 1. The summed E-state index contributed by atoms with van der Waals surface area (Å²) in [6, 6.07) is 10.9. The van der Waals surface area contributed by atoms with Crippen LogP contribution in [0.1, 0.15) is 54.1 Å². The number of ether oxygens (including phenoxy) is 1. The molecule has 180 valence electrons. The van der Waals surface area contributed by atoms with Crippen LogP contribution in [-0.4, -0.2) is 37.7 Å². The molecular formula is C25H28N2O6S. The minimum atomic E-state index is -3.95. The molecule has 2 aliphatic rings. The molecule has 9 heteroatoms. The first-order chi connectivity index (χ1) is 16.2. The summed E-state index contributed by atoms with van der Waals surface area (Å²) in [5.74, 6) is -1.27. The van der Waals surface area contributed by atoms with Gasteiger partial charge in [-0.2, -0.15) is 0 Å². The lowest BCUT2D eigenvalue weighted by molar-refractivity contribution is -0.140. The highest BCUT2D eigenvalue weighted by molar-refractivity contribution is 7.92. The Morgan fingerprint density at radius 2 is 1.65 bits per heavy atom. The van der Waals surface area contributed by atoms with Gasteiger partial charge in [-0.1, -0.05) is 25.0 Å². The number of rotatable bonds is 7. The van der Waals surface area contributed by atoms with E-state index in [2.05, 4.69) is 4.72 Å². The summed E-state index contributed by atoms with van der Waals surface area (Å²) >= 11 is 0. The number of aryl methyl sites for hydroxylation is 1. The van der Waals surface area contributed by atoms with Crippen LogP contribution in [-0.2, 0) is 30.9 Å². The molecule has 34 heavy (non-hydrogen) atoms. The highest BCUT2D eigenvalue weighted by atomic mass is 32.2. The zero-order chi connectivity index (χ0) is 24.5. The van der Waals surface area contributed by atoms with Crippen molar-refractivity contribution in [3.63, 3.8) is 0 Å². The summed E-state index contributed by atoms with van der Waals surface area (Å²) in [5.41, 5.74) is 1.73. The maximum absolute atomic E-state index is 13.1. The van der Waals surface area contributed by atoms with E-state index in [1.165, 1.54) is 35.2 Å². The van der Waals surface area contributed by atoms with Crippen molar-refractivity contribution in [2.24, 2.45) is 11.8 Å². The highest BCUT2D eigenvalue weighted by Crippen LogP contribution is 2.38. The molecule has 2 amide bonds. The third-order valence-electron chi connectivity index (χ3n) is 6.46. The molecule has 0 bridgehead atoms. The fraction of sp³-hybridized carbons (Fsp3) is 0.400. The predicted molar refractivity (Wildman–Crippen MR) is 125 cm³/mol. The van der Waals surface area contributed by atoms with Gasteiger partial charge in [0, 0.05) is 5.69 Å². The van der Waals surface area contributed by atoms with Crippen LogP contribution in [0.25, 0.3) is 0 Å². The summed E-state index contributed by atoms with van der Waals surface area (Å²) in [5, 5.41) is 0. The van der Waals surface area contributed by atoms with Crippen LogP contribution in [0.15, 0.2) is 47.4 Å². The SMILES string of the molecule is CCOC(=O)c1ccc(NS(=O)(=O)c2cc(CN3C(=O)[C@@H]4CCCC[C@H]4C3=O)ccc2C)cc1. The number of likely N-dealkylation sites (tertiary alicyclic amines) is 1. The number of benzene rings is 2. The molecule has 0 unspecified atom stereocenters.